The first-order valence-corrected chi connectivity index (χ1v) is 5.25. The molecule has 0 radical (unpaired) electrons. The van der Waals surface area contributed by atoms with E-state index in [1.54, 1.807) is 0 Å². The Labute approximate surface area is 71.1 Å². The van der Waals surface area contributed by atoms with Crippen LogP contribution in [-0.4, -0.2) is 24.0 Å². The van der Waals surface area contributed by atoms with Crippen LogP contribution in [0.2, 0.25) is 0 Å². The van der Waals surface area contributed by atoms with Crippen molar-refractivity contribution in [3.8, 4) is 0 Å². The van der Waals surface area contributed by atoms with Gasteiger partial charge in [-0.05, 0) is 18.2 Å². The van der Waals surface area contributed by atoms with E-state index in [0.717, 1.165) is 3.82 Å². The number of alkyl halides is 1. The number of rotatable bonds is 4. The zero-order chi connectivity index (χ0) is 8.20. The van der Waals surface area contributed by atoms with Crippen LogP contribution >= 0.6 is 23.4 Å². The summed E-state index contributed by atoms with van der Waals surface area (Å²) < 4.78 is 22.2. The summed E-state index contributed by atoms with van der Waals surface area (Å²) in [6.07, 6.45) is 0.680. The normalized spacial score (nSPS) is 12.4. The summed E-state index contributed by atoms with van der Waals surface area (Å²) in [5.41, 5.74) is 0. The van der Waals surface area contributed by atoms with Crippen molar-refractivity contribution >= 4 is 33.4 Å². The molecule has 0 fully saturated rings. The van der Waals surface area contributed by atoms with Crippen LogP contribution < -0.4 is 0 Å². The minimum absolute atomic E-state index is 0.302. The van der Waals surface area contributed by atoms with Crippen molar-refractivity contribution in [1.82, 2.24) is 3.82 Å². The fraction of sp³-hybridized carbons (Fsp3) is 1.00. The second kappa shape index (κ2) is 4.38. The molecule has 0 saturated heterocycles. The molecule has 0 bridgehead atoms. The highest BCUT2D eigenvalue weighted by Gasteiger charge is 2.16. The van der Waals surface area contributed by atoms with Crippen LogP contribution in [0, 0.1) is 0 Å². The van der Waals surface area contributed by atoms with E-state index in [9.17, 15) is 8.42 Å². The maximum atomic E-state index is 10.8. The molecule has 62 valence electrons. The maximum absolute atomic E-state index is 10.8. The Hall–Kier alpha value is 0.490. The molecule has 0 aliphatic carbocycles. The SMILES string of the molecule is CCCN(Cl)S(=O)(=O)CCl. The first-order valence-electron chi connectivity index (χ1n) is 2.76. The van der Waals surface area contributed by atoms with Crippen LogP contribution in [0.3, 0.4) is 0 Å². The van der Waals surface area contributed by atoms with Crippen molar-refractivity contribution in [2.24, 2.45) is 0 Å². The van der Waals surface area contributed by atoms with E-state index in [1.165, 1.54) is 0 Å². The van der Waals surface area contributed by atoms with Gasteiger partial charge in [-0.25, -0.2) is 8.42 Å². The van der Waals surface area contributed by atoms with Gasteiger partial charge in [0.15, 0.2) is 0 Å². The Balaban J connectivity index is 4.06. The number of halogens is 2. The van der Waals surface area contributed by atoms with Crippen molar-refractivity contribution < 1.29 is 8.42 Å². The second-order valence-electron chi connectivity index (χ2n) is 1.73. The predicted molar refractivity (Wildman–Crippen MR) is 42.5 cm³/mol. The molecule has 0 aromatic carbocycles. The molecule has 0 atom stereocenters. The first-order chi connectivity index (χ1) is 4.54. The van der Waals surface area contributed by atoms with E-state index < -0.39 is 15.2 Å². The smallest absolute Gasteiger partial charge is 0.210 e. The van der Waals surface area contributed by atoms with E-state index >= 15 is 0 Å². The van der Waals surface area contributed by atoms with Crippen molar-refractivity contribution in [3.05, 3.63) is 0 Å². The van der Waals surface area contributed by atoms with Gasteiger partial charge in [-0.2, -0.15) is 0 Å². The van der Waals surface area contributed by atoms with Crippen LogP contribution in [0.5, 0.6) is 0 Å². The lowest BCUT2D eigenvalue weighted by molar-refractivity contribution is 0.539. The van der Waals surface area contributed by atoms with Gasteiger partial charge in [0.1, 0.15) is 5.21 Å². The summed E-state index contributed by atoms with van der Waals surface area (Å²) in [5.74, 6) is 0. The maximum Gasteiger partial charge on any atom is 0.241 e. The van der Waals surface area contributed by atoms with Crippen LogP contribution in [-0.2, 0) is 10.0 Å². The summed E-state index contributed by atoms with van der Waals surface area (Å²) in [6, 6.07) is 0. The molecule has 0 aromatic rings. The number of hydrogen-bond acceptors (Lipinski definition) is 2. The van der Waals surface area contributed by atoms with Crippen LogP contribution in [0.15, 0.2) is 0 Å². The average molecular weight is 206 g/mol. The monoisotopic (exact) mass is 205 g/mol. The summed E-state index contributed by atoms with van der Waals surface area (Å²) in [7, 11) is -3.40. The summed E-state index contributed by atoms with van der Waals surface area (Å²) in [4.78, 5) is 0. The zero-order valence-corrected chi connectivity index (χ0v) is 7.88. The molecular weight excluding hydrogens is 197 g/mol. The molecular formula is C4H9Cl2NO2S. The van der Waals surface area contributed by atoms with Crippen LogP contribution in [0.1, 0.15) is 13.3 Å². The Morgan fingerprint density at radius 3 is 2.30 bits per heavy atom. The molecule has 0 aliphatic rings. The molecule has 0 amide bonds. The topological polar surface area (TPSA) is 37.4 Å². The molecule has 0 rings (SSSR count). The minimum Gasteiger partial charge on any atom is -0.210 e. The molecule has 0 aliphatic heterocycles. The molecule has 0 saturated carbocycles. The minimum atomic E-state index is -3.40. The second-order valence-corrected chi connectivity index (χ2v) is 4.82. The molecule has 0 unspecified atom stereocenters. The highest BCUT2D eigenvalue weighted by molar-refractivity contribution is 7.91. The molecule has 3 nitrogen and oxygen atoms in total. The third-order valence-corrected chi connectivity index (χ3v) is 3.53. The van der Waals surface area contributed by atoms with Crippen molar-refractivity contribution in [1.29, 1.82) is 0 Å². The van der Waals surface area contributed by atoms with Gasteiger partial charge in [-0.3, -0.25) is 0 Å². The van der Waals surface area contributed by atoms with Gasteiger partial charge in [-0.1, -0.05) is 6.92 Å². The lowest BCUT2D eigenvalue weighted by Gasteiger charge is -2.09. The van der Waals surface area contributed by atoms with Crippen LogP contribution in [0.4, 0.5) is 0 Å². The Morgan fingerprint density at radius 1 is 1.50 bits per heavy atom. The van der Waals surface area contributed by atoms with Crippen molar-refractivity contribution in [2.45, 2.75) is 13.3 Å². The molecule has 0 aromatic heterocycles. The van der Waals surface area contributed by atoms with Crippen molar-refractivity contribution in [3.63, 3.8) is 0 Å². The third-order valence-electron chi connectivity index (χ3n) is 0.839. The molecule has 0 spiro atoms. The van der Waals surface area contributed by atoms with Gasteiger partial charge in [0.05, 0.1) is 0 Å². The zero-order valence-electron chi connectivity index (χ0n) is 5.55. The largest absolute Gasteiger partial charge is 0.241 e. The van der Waals surface area contributed by atoms with Gasteiger partial charge in [0.25, 0.3) is 0 Å². The van der Waals surface area contributed by atoms with E-state index in [1.807, 2.05) is 6.92 Å². The van der Waals surface area contributed by atoms with Crippen molar-refractivity contribution in [2.75, 3.05) is 11.8 Å². The van der Waals surface area contributed by atoms with E-state index in [0.29, 0.717) is 13.0 Å². The number of nitrogens with zero attached hydrogens (tertiary/aromatic N) is 1. The summed E-state index contributed by atoms with van der Waals surface area (Å²) >= 11 is 10.4. The quantitative estimate of drug-likeness (QED) is 0.514. The lowest BCUT2D eigenvalue weighted by Crippen LogP contribution is -2.23. The van der Waals surface area contributed by atoms with Gasteiger partial charge in [0, 0.05) is 6.54 Å². The van der Waals surface area contributed by atoms with E-state index in [2.05, 4.69) is 0 Å². The number of hydrogen-bond donors (Lipinski definition) is 0. The summed E-state index contributed by atoms with van der Waals surface area (Å²) in [6.45, 7) is 2.13. The molecule has 0 heterocycles. The fourth-order valence-corrected chi connectivity index (χ4v) is 1.75. The van der Waals surface area contributed by atoms with Gasteiger partial charge in [-0.15, -0.1) is 15.4 Å². The van der Waals surface area contributed by atoms with Gasteiger partial charge in [0.2, 0.25) is 10.0 Å². The molecule has 0 N–H and O–H groups in total. The van der Waals surface area contributed by atoms with E-state index in [4.69, 9.17) is 23.4 Å². The highest BCUT2D eigenvalue weighted by atomic mass is 35.5. The van der Waals surface area contributed by atoms with Gasteiger partial charge < -0.3 is 0 Å². The Bertz CT molecular complexity index is 180. The third kappa shape index (κ3) is 3.05. The van der Waals surface area contributed by atoms with E-state index in [-0.39, 0.29) is 0 Å². The van der Waals surface area contributed by atoms with Gasteiger partial charge >= 0.3 is 0 Å². The average Bonchev–Trinajstić information content (AvgIpc) is 1.89. The first kappa shape index (κ1) is 10.5. The fourth-order valence-electron chi connectivity index (χ4n) is 0.368. The van der Waals surface area contributed by atoms with Crippen LogP contribution in [0.25, 0.3) is 0 Å². The molecule has 10 heavy (non-hydrogen) atoms. The lowest BCUT2D eigenvalue weighted by atomic mass is 10.5. The number of sulfonamides is 1. The Morgan fingerprint density at radius 2 is 2.00 bits per heavy atom. The predicted octanol–water partition coefficient (Wildman–Crippen LogP) is 1.38. The summed E-state index contributed by atoms with van der Waals surface area (Å²) in [5, 5.41) is -0.462. The standard InChI is InChI=1S/C4H9Cl2NO2S/c1-2-3-7(6)10(8,9)4-5/h2-4H2,1H3. The highest BCUT2D eigenvalue weighted by Crippen LogP contribution is 2.07. The Kier molecular flexibility index (Phi) is 4.60. The molecule has 6 heteroatoms.